The SMILES string of the molecule is CCN(Cc1cc(C(C)C)c2c(C)cn(C)c2n1)/C(=C/C#N)Nc1cc(Cl)nc(Cl)c1. The lowest BCUT2D eigenvalue weighted by molar-refractivity contribution is 0.355. The molecule has 3 rings (SSSR count). The summed E-state index contributed by atoms with van der Waals surface area (Å²) in [4.78, 5) is 11.0. The number of halogens is 2. The fourth-order valence-corrected chi connectivity index (χ4v) is 4.19. The highest BCUT2D eigenvalue weighted by Crippen LogP contribution is 2.30. The van der Waals surface area contributed by atoms with Gasteiger partial charge in [0, 0.05) is 30.9 Å². The van der Waals surface area contributed by atoms with E-state index in [1.54, 1.807) is 12.1 Å². The molecule has 3 aromatic rings. The van der Waals surface area contributed by atoms with Crippen molar-refractivity contribution in [1.82, 2.24) is 19.4 Å². The number of hydrogen-bond donors (Lipinski definition) is 1. The van der Waals surface area contributed by atoms with Gasteiger partial charge in [-0.15, -0.1) is 0 Å². The number of fused-ring (bicyclic) bond motifs is 1. The van der Waals surface area contributed by atoms with Gasteiger partial charge in [-0.2, -0.15) is 5.26 Å². The zero-order valence-corrected chi connectivity index (χ0v) is 19.9. The first-order valence-corrected chi connectivity index (χ1v) is 10.9. The molecule has 0 bridgehead atoms. The van der Waals surface area contributed by atoms with Crippen molar-refractivity contribution in [2.75, 3.05) is 11.9 Å². The molecule has 162 valence electrons. The fourth-order valence-electron chi connectivity index (χ4n) is 3.73. The van der Waals surface area contributed by atoms with Crippen molar-refractivity contribution in [3.63, 3.8) is 0 Å². The third-order valence-corrected chi connectivity index (χ3v) is 5.52. The topological polar surface area (TPSA) is 69.8 Å². The Morgan fingerprint density at radius 1 is 1.26 bits per heavy atom. The highest BCUT2D eigenvalue weighted by molar-refractivity contribution is 6.32. The van der Waals surface area contributed by atoms with E-state index in [4.69, 9.17) is 28.2 Å². The Morgan fingerprint density at radius 3 is 2.52 bits per heavy atom. The molecular weight excluding hydrogens is 431 g/mol. The molecule has 0 amide bonds. The average Bonchev–Trinajstić information content (AvgIpc) is 2.98. The maximum Gasteiger partial charge on any atom is 0.140 e. The van der Waals surface area contributed by atoms with Gasteiger partial charge in [0.15, 0.2) is 0 Å². The number of hydrogen-bond acceptors (Lipinski definition) is 5. The van der Waals surface area contributed by atoms with E-state index in [2.05, 4.69) is 58.9 Å². The first kappa shape index (κ1) is 22.9. The predicted octanol–water partition coefficient (Wildman–Crippen LogP) is 6.01. The molecule has 3 aromatic heterocycles. The van der Waals surface area contributed by atoms with Crippen LogP contribution in [-0.2, 0) is 13.6 Å². The third kappa shape index (κ3) is 5.12. The number of nitrogens with one attached hydrogen (secondary N) is 1. The second kappa shape index (κ2) is 9.59. The van der Waals surface area contributed by atoms with Crippen LogP contribution in [0.15, 0.2) is 36.3 Å². The lowest BCUT2D eigenvalue weighted by Crippen LogP contribution is -2.27. The van der Waals surface area contributed by atoms with Crippen molar-refractivity contribution in [2.24, 2.45) is 7.05 Å². The molecule has 0 aromatic carbocycles. The van der Waals surface area contributed by atoms with Gasteiger partial charge in [0.05, 0.1) is 24.4 Å². The first-order valence-electron chi connectivity index (χ1n) is 10.1. The summed E-state index contributed by atoms with van der Waals surface area (Å²) in [5, 5.41) is 14.4. The second-order valence-corrected chi connectivity index (χ2v) is 8.55. The van der Waals surface area contributed by atoms with E-state index < -0.39 is 0 Å². The van der Waals surface area contributed by atoms with Gasteiger partial charge in [0.1, 0.15) is 21.8 Å². The monoisotopic (exact) mass is 456 g/mol. The summed E-state index contributed by atoms with van der Waals surface area (Å²) in [5.74, 6) is 1.01. The van der Waals surface area contributed by atoms with Gasteiger partial charge in [0.25, 0.3) is 0 Å². The van der Waals surface area contributed by atoms with Crippen LogP contribution in [0, 0.1) is 18.3 Å². The number of aromatic nitrogens is 3. The lowest BCUT2D eigenvalue weighted by Gasteiger charge is -2.26. The minimum absolute atomic E-state index is 0.280. The van der Waals surface area contributed by atoms with Gasteiger partial charge in [-0.25, -0.2) is 9.97 Å². The Kier molecular flexibility index (Phi) is 7.09. The van der Waals surface area contributed by atoms with Crippen LogP contribution in [0.5, 0.6) is 0 Å². The molecular formula is C23H26Cl2N6. The number of nitrogens with zero attached hydrogens (tertiary/aromatic N) is 5. The second-order valence-electron chi connectivity index (χ2n) is 7.78. The van der Waals surface area contributed by atoms with Crippen LogP contribution in [0.3, 0.4) is 0 Å². The number of rotatable bonds is 7. The molecule has 0 radical (unpaired) electrons. The summed E-state index contributed by atoms with van der Waals surface area (Å²) < 4.78 is 2.07. The maximum atomic E-state index is 9.36. The molecule has 0 unspecified atom stereocenters. The van der Waals surface area contributed by atoms with Crippen LogP contribution in [0.1, 0.15) is 43.5 Å². The van der Waals surface area contributed by atoms with Crippen molar-refractivity contribution in [3.8, 4) is 6.07 Å². The number of anilines is 1. The van der Waals surface area contributed by atoms with Crippen molar-refractivity contribution in [1.29, 1.82) is 5.26 Å². The number of aryl methyl sites for hydroxylation is 2. The van der Waals surface area contributed by atoms with Crippen molar-refractivity contribution >= 4 is 39.9 Å². The molecule has 0 atom stereocenters. The molecule has 0 fully saturated rings. The van der Waals surface area contributed by atoms with E-state index in [9.17, 15) is 5.26 Å². The van der Waals surface area contributed by atoms with Gasteiger partial charge >= 0.3 is 0 Å². The molecule has 1 N–H and O–H groups in total. The molecule has 6 nitrogen and oxygen atoms in total. The maximum absolute atomic E-state index is 9.36. The van der Waals surface area contributed by atoms with E-state index >= 15 is 0 Å². The normalized spacial score (nSPS) is 11.8. The summed E-state index contributed by atoms with van der Waals surface area (Å²) >= 11 is 12.1. The van der Waals surface area contributed by atoms with Crippen LogP contribution in [-0.4, -0.2) is 26.0 Å². The van der Waals surface area contributed by atoms with Gasteiger partial charge in [-0.3, -0.25) is 0 Å². The predicted molar refractivity (Wildman–Crippen MR) is 127 cm³/mol. The molecule has 0 aliphatic carbocycles. The summed E-state index contributed by atoms with van der Waals surface area (Å²) in [6.45, 7) is 9.77. The van der Waals surface area contributed by atoms with E-state index in [0.717, 1.165) is 11.3 Å². The quantitative estimate of drug-likeness (QED) is 0.348. The Hall–Kier alpha value is -2.75. The van der Waals surface area contributed by atoms with Gasteiger partial charge < -0.3 is 14.8 Å². The minimum Gasteiger partial charge on any atom is -0.352 e. The summed E-state index contributed by atoms with van der Waals surface area (Å²) in [6, 6.07) is 7.62. The van der Waals surface area contributed by atoms with Crippen molar-refractivity contribution in [3.05, 3.63) is 63.4 Å². The molecule has 0 spiro atoms. The Balaban J connectivity index is 1.98. The molecule has 0 saturated heterocycles. The van der Waals surface area contributed by atoms with E-state index in [-0.39, 0.29) is 10.3 Å². The zero-order chi connectivity index (χ0) is 22.7. The largest absolute Gasteiger partial charge is 0.352 e. The number of allylic oxidation sites excluding steroid dienone is 1. The summed E-state index contributed by atoms with van der Waals surface area (Å²) in [7, 11) is 2.02. The molecule has 8 heteroatoms. The smallest absolute Gasteiger partial charge is 0.140 e. The molecule has 0 saturated carbocycles. The Labute approximate surface area is 193 Å². The van der Waals surface area contributed by atoms with Crippen LogP contribution < -0.4 is 5.32 Å². The van der Waals surface area contributed by atoms with E-state index in [0.29, 0.717) is 30.5 Å². The van der Waals surface area contributed by atoms with Crippen molar-refractivity contribution in [2.45, 2.75) is 40.2 Å². The first-order chi connectivity index (χ1) is 14.7. The van der Waals surface area contributed by atoms with Crippen LogP contribution in [0.2, 0.25) is 10.3 Å². The zero-order valence-electron chi connectivity index (χ0n) is 18.4. The van der Waals surface area contributed by atoms with Crippen LogP contribution in [0.25, 0.3) is 11.0 Å². The molecule has 0 aliphatic rings. The third-order valence-electron chi connectivity index (χ3n) is 5.13. The highest BCUT2D eigenvalue weighted by atomic mass is 35.5. The van der Waals surface area contributed by atoms with E-state index in [1.807, 2.05) is 14.0 Å². The van der Waals surface area contributed by atoms with Gasteiger partial charge in [-0.1, -0.05) is 37.0 Å². The van der Waals surface area contributed by atoms with Gasteiger partial charge in [0.2, 0.25) is 0 Å². The molecule has 31 heavy (non-hydrogen) atoms. The minimum atomic E-state index is 0.280. The standard InChI is InChI=1S/C23H26Cl2N6/c1-6-31(21(7-8-26)27-16-10-19(24)29-20(25)11-16)13-17-9-18(14(2)3)22-15(4)12-30(5)23(22)28-17/h7,9-12,14H,6,13H2,1-5H3,(H,27,29)/b21-7+. The Morgan fingerprint density at radius 2 is 1.94 bits per heavy atom. The Bertz CT molecular complexity index is 1150. The van der Waals surface area contributed by atoms with Crippen LogP contribution in [0.4, 0.5) is 5.69 Å². The fraction of sp³-hybridized carbons (Fsp3) is 0.348. The lowest BCUT2D eigenvalue weighted by atomic mass is 9.98. The number of nitriles is 1. The van der Waals surface area contributed by atoms with E-state index in [1.165, 1.54) is 22.6 Å². The summed E-state index contributed by atoms with van der Waals surface area (Å²) in [5.41, 5.74) is 5.08. The summed E-state index contributed by atoms with van der Waals surface area (Å²) in [6.07, 6.45) is 3.59. The highest BCUT2D eigenvalue weighted by Gasteiger charge is 2.17. The average molecular weight is 457 g/mol. The number of pyridine rings is 2. The molecule has 3 heterocycles. The molecule has 0 aliphatic heterocycles. The van der Waals surface area contributed by atoms with Gasteiger partial charge in [-0.05, 0) is 49.1 Å². The van der Waals surface area contributed by atoms with Crippen molar-refractivity contribution < 1.29 is 0 Å². The van der Waals surface area contributed by atoms with Crippen LogP contribution >= 0.6 is 23.2 Å².